The van der Waals surface area contributed by atoms with E-state index in [9.17, 15) is 4.79 Å². The lowest BCUT2D eigenvalue weighted by Gasteiger charge is -2.15. The van der Waals surface area contributed by atoms with Crippen molar-refractivity contribution in [3.63, 3.8) is 0 Å². The summed E-state index contributed by atoms with van der Waals surface area (Å²) in [6.45, 7) is 10.0. The van der Waals surface area contributed by atoms with Gasteiger partial charge in [0.05, 0.1) is 19.3 Å². The molecule has 1 aromatic carbocycles. The Balaban J connectivity index is 2.12. The van der Waals surface area contributed by atoms with Crippen molar-refractivity contribution >= 4 is 5.97 Å². The molecule has 0 amide bonds. The van der Waals surface area contributed by atoms with E-state index in [0.29, 0.717) is 11.5 Å². The van der Waals surface area contributed by atoms with E-state index >= 15 is 0 Å². The molecular formula is C23H38O3. The zero-order valence-electron chi connectivity index (χ0n) is 17.4. The van der Waals surface area contributed by atoms with Gasteiger partial charge in [-0.05, 0) is 48.4 Å². The number of ether oxygens (including phenoxy) is 2. The molecule has 0 radical (unpaired) electrons. The Morgan fingerprint density at radius 2 is 1.38 bits per heavy atom. The molecule has 0 spiro atoms. The highest BCUT2D eigenvalue weighted by atomic mass is 16.5. The second kappa shape index (κ2) is 12.8. The molecule has 26 heavy (non-hydrogen) atoms. The molecule has 1 rings (SSSR count). The zero-order valence-corrected chi connectivity index (χ0v) is 17.4. The maximum atomic E-state index is 11.4. The van der Waals surface area contributed by atoms with Crippen molar-refractivity contribution in [1.29, 1.82) is 0 Å². The molecule has 3 heteroatoms. The van der Waals surface area contributed by atoms with Crippen LogP contribution in [0.1, 0.15) is 83.0 Å². The third kappa shape index (κ3) is 9.84. The molecule has 0 bridgehead atoms. The molecule has 0 aliphatic carbocycles. The first-order valence-corrected chi connectivity index (χ1v) is 10.2. The quantitative estimate of drug-likeness (QED) is 0.375. The minimum absolute atomic E-state index is 0.316. The van der Waals surface area contributed by atoms with Gasteiger partial charge in [-0.3, -0.25) is 0 Å². The molecule has 0 aromatic heterocycles. The topological polar surface area (TPSA) is 35.5 Å². The molecule has 3 nitrogen and oxygen atoms in total. The molecule has 0 N–H and O–H groups in total. The first-order chi connectivity index (χ1) is 12.4. The van der Waals surface area contributed by atoms with Crippen LogP contribution < -0.4 is 4.74 Å². The first kappa shape index (κ1) is 22.5. The van der Waals surface area contributed by atoms with Gasteiger partial charge in [-0.2, -0.15) is 0 Å². The van der Waals surface area contributed by atoms with Crippen molar-refractivity contribution in [3.05, 3.63) is 29.8 Å². The highest BCUT2D eigenvalue weighted by molar-refractivity contribution is 5.89. The second-order valence-electron chi connectivity index (χ2n) is 8.12. The average molecular weight is 363 g/mol. The van der Waals surface area contributed by atoms with Crippen molar-refractivity contribution in [2.24, 2.45) is 17.8 Å². The number of carbonyl (C=O) groups excluding carboxylic acids is 1. The lowest BCUT2D eigenvalue weighted by molar-refractivity contribution is 0.0600. The Morgan fingerprint density at radius 1 is 0.846 bits per heavy atom. The van der Waals surface area contributed by atoms with Crippen LogP contribution in [-0.4, -0.2) is 19.7 Å². The number of methoxy groups -OCH3 is 1. The number of rotatable bonds is 13. The van der Waals surface area contributed by atoms with E-state index in [1.807, 2.05) is 12.1 Å². The Bertz CT molecular complexity index is 493. The lowest BCUT2D eigenvalue weighted by Crippen LogP contribution is -2.06. The molecule has 0 heterocycles. The van der Waals surface area contributed by atoms with Crippen LogP contribution in [0.2, 0.25) is 0 Å². The number of hydrogen-bond acceptors (Lipinski definition) is 3. The summed E-state index contributed by atoms with van der Waals surface area (Å²) in [4.78, 5) is 11.4. The Kier molecular flexibility index (Phi) is 11.1. The summed E-state index contributed by atoms with van der Waals surface area (Å²) in [5.74, 6) is 2.86. The predicted molar refractivity (Wildman–Crippen MR) is 109 cm³/mol. The van der Waals surface area contributed by atoms with Crippen molar-refractivity contribution in [3.8, 4) is 5.75 Å². The molecule has 0 saturated heterocycles. The fourth-order valence-electron chi connectivity index (χ4n) is 3.16. The number of esters is 1. The lowest BCUT2D eigenvalue weighted by atomic mass is 9.93. The maximum absolute atomic E-state index is 11.4. The molecular weight excluding hydrogens is 324 g/mol. The SMILES string of the molecule is COC(=O)c1ccc(OCCC(C)CCCC(C)CCCC(C)C)cc1. The summed E-state index contributed by atoms with van der Waals surface area (Å²) in [7, 11) is 1.39. The van der Waals surface area contributed by atoms with Crippen molar-refractivity contribution in [1.82, 2.24) is 0 Å². The van der Waals surface area contributed by atoms with Gasteiger partial charge in [0, 0.05) is 0 Å². The molecule has 2 atom stereocenters. The minimum Gasteiger partial charge on any atom is -0.494 e. The molecule has 0 saturated carbocycles. The van der Waals surface area contributed by atoms with Crippen LogP contribution in [0.25, 0.3) is 0 Å². The van der Waals surface area contributed by atoms with Gasteiger partial charge >= 0.3 is 5.97 Å². The van der Waals surface area contributed by atoms with Crippen LogP contribution in [0.3, 0.4) is 0 Å². The first-order valence-electron chi connectivity index (χ1n) is 10.2. The van der Waals surface area contributed by atoms with Gasteiger partial charge in [0.15, 0.2) is 0 Å². The minimum atomic E-state index is -0.316. The van der Waals surface area contributed by atoms with E-state index in [1.54, 1.807) is 12.1 Å². The largest absolute Gasteiger partial charge is 0.494 e. The molecule has 0 aliphatic heterocycles. The Morgan fingerprint density at radius 3 is 1.92 bits per heavy atom. The summed E-state index contributed by atoms with van der Waals surface area (Å²) in [5.41, 5.74) is 0.552. The fraction of sp³-hybridized carbons (Fsp3) is 0.696. The second-order valence-corrected chi connectivity index (χ2v) is 8.12. The van der Waals surface area contributed by atoms with Gasteiger partial charge in [-0.1, -0.05) is 66.2 Å². The fourth-order valence-corrected chi connectivity index (χ4v) is 3.16. The highest BCUT2D eigenvalue weighted by Gasteiger charge is 2.08. The normalized spacial score (nSPS) is 13.5. The Hall–Kier alpha value is -1.51. The van der Waals surface area contributed by atoms with Gasteiger partial charge < -0.3 is 9.47 Å². The monoisotopic (exact) mass is 362 g/mol. The number of benzene rings is 1. The zero-order chi connectivity index (χ0) is 19.4. The maximum Gasteiger partial charge on any atom is 0.337 e. The summed E-state index contributed by atoms with van der Waals surface area (Å²) >= 11 is 0. The highest BCUT2D eigenvalue weighted by Crippen LogP contribution is 2.21. The third-order valence-corrected chi connectivity index (χ3v) is 5.03. The predicted octanol–water partition coefficient (Wildman–Crippen LogP) is 6.51. The van der Waals surface area contributed by atoms with E-state index in [4.69, 9.17) is 9.47 Å². The van der Waals surface area contributed by atoms with Crippen molar-refractivity contribution < 1.29 is 14.3 Å². The molecule has 148 valence electrons. The van der Waals surface area contributed by atoms with Crippen molar-refractivity contribution in [2.75, 3.05) is 13.7 Å². The summed E-state index contributed by atoms with van der Waals surface area (Å²) in [5, 5.41) is 0. The summed E-state index contributed by atoms with van der Waals surface area (Å²) in [6, 6.07) is 7.14. The van der Waals surface area contributed by atoms with Gasteiger partial charge in [0.2, 0.25) is 0 Å². The summed E-state index contributed by atoms with van der Waals surface area (Å²) in [6.07, 6.45) is 9.11. The smallest absolute Gasteiger partial charge is 0.337 e. The standard InChI is InChI=1S/C23H38O3/c1-18(2)8-6-9-19(3)10-7-11-20(4)16-17-26-22-14-12-21(13-15-22)23(24)25-5/h12-15,18-20H,6-11,16-17H2,1-5H3. The van der Waals surface area contributed by atoms with E-state index in [0.717, 1.165) is 30.6 Å². The number of carbonyl (C=O) groups is 1. The molecule has 1 aromatic rings. The van der Waals surface area contributed by atoms with Crippen LogP contribution in [0.5, 0.6) is 5.75 Å². The molecule has 2 unspecified atom stereocenters. The van der Waals surface area contributed by atoms with Crippen molar-refractivity contribution in [2.45, 2.75) is 72.6 Å². The van der Waals surface area contributed by atoms with Gasteiger partial charge in [-0.15, -0.1) is 0 Å². The number of hydrogen-bond donors (Lipinski definition) is 0. The van der Waals surface area contributed by atoms with Gasteiger partial charge in [0.1, 0.15) is 5.75 Å². The molecule has 0 fully saturated rings. The Labute approximate surface area is 160 Å². The third-order valence-electron chi connectivity index (χ3n) is 5.03. The van der Waals surface area contributed by atoms with Crippen LogP contribution >= 0.6 is 0 Å². The van der Waals surface area contributed by atoms with Crippen LogP contribution in [0.4, 0.5) is 0 Å². The van der Waals surface area contributed by atoms with Crippen LogP contribution in [0.15, 0.2) is 24.3 Å². The van der Waals surface area contributed by atoms with Gasteiger partial charge in [0.25, 0.3) is 0 Å². The van der Waals surface area contributed by atoms with E-state index in [-0.39, 0.29) is 5.97 Å². The molecule has 0 aliphatic rings. The summed E-state index contributed by atoms with van der Waals surface area (Å²) < 4.78 is 10.5. The average Bonchev–Trinajstić information content (AvgIpc) is 2.61. The van der Waals surface area contributed by atoms with Gasteiger partial charge in [-0.25, -0.2) is 4.79 Å². The van der Waals surface area contributed by atoms with E-state index in [2.05, 4.69) is 27.7 Å². The van der Waals surface area contributed by atoms with Crippen LogP contribution in [-0.2, 0) is 4.74 Å². The van der Waals surface area contributed by atoms with Crippen LogP contribution in [0, 0.1) is 17.8 Å². The van der Waals surface area contributed by atoms with E-state index < -0.39 is 0 Å². The van der Waals surface area contributed by atoms with E-state index in [1.165, 1.54) is 45.6 Å².